The number of carbonyl (C=O) groups is 3. The molecule has 0 atom stereocenters. The molecule has 13 nitrogen and oxygen atoms in total. The average Bonchev–Trinajstić information content (AvgIpc) is 3.05. The van der Waals surface area contributed by atoms with E-state index in [2.05, 4.69) is 31.8 Å². The van der Waals surface area contributed by atoms with Crippen molar-refractivity contribution in [3.63, 3.8) is 0 Å². The number of hydrogen-bond acceptors (Lipinski definition) is 10. The number of halogens is 1. The molecule has 14 heteroatoms. The highest BCUT2D eigenvalue weighted by Crippen LogP contribution is 2.38. The van der Waals surface area contributed by atoms with E-state index in [1.165, 1.54) is 82.1 Å². The summed E-state index contributed by atoms with van der Waals surface area (Å²) in [5.74, 6) is -0.549. The molecule has 0 unspecified atom stereocenters. The van der Waals surface area contributed by atoms with Crippen LogP contribution in [-0.4, -0.2) is 50.3 Å². The lowest BCUT2D eigenvalue weighted by atomic mass is 10.1. The maximum absolute atomic E-state index is 12.9. The number of hydrazone groups is 1. The van der Waals surface area contributed by atoms with Crippen LogP contribution < -0.4 is 29.7 Å². The van der Waals surface area contributed by atoms with E-state index in [-0.39, 0.29) is 28.1 Å². The minimum absolute atomic E-state index is 0.114. The van der Waals surface area contributed by atoms with Crippen molar-refractivity contribution >= 4 is 51.3 Å². The van der Waals surface area contributed by atoms with Crippen molar-refractivity contribution in [1.82, 2.24) is 5.43 Å². The second kappa shape index (κ2) is 14.6. The molecule has 0 radical (unpaired) electrons. The number of nitro benzene ring substituents is 1. The van der Waals surface area contributed by atoms with Crippen LogP contribution in [0, 0.1) is 10.1 Å². The summed E-state index contributed by atoms with van der Waals surface area (Å²) in [7, 11) is 4.36. The van der Waals surface area contributed by atoms with Gasteiger partial charge in [-0.15, -0.1) is 0 Å². The Bertz CT molecular complexity index is 1750. The molecule has 45 heavy (non-hydrogen) atoms. The van der Waals surface area contributed by atoms with Crippen LogP contribution in [0.2, 0.25) is 0 Å². The normalized spacial score (nSPS) is 10.6. The van der Waals surface area contributed by atoms with Crippen molar-refractivity contribution in [2.24, 2.45) is 5.10 Å². The van der Waals surface area contributed by atoms with Crippen LogP contribution in [0.5, 0.6) is 23.0 Å². The van der Waals surface area contributed by atoms with Crippen molar-refractivity contribution in [2.75, 3.05) is 26.6 Å². The van der Waals surface area contributed by atoms with Crippen molar-refractivity contribution in [3.8, 4) is 23.0 Å². The first-order chi connectivity index (χ1) is 21.6. The number of benzene rings is 4. The molecule has 0 saturated heterocycles. The van der Waals surface area contributed by atoms with Crippen molar-refractivity contribution < 1.29 is 38.3 Å². The maximum atomic E-state index is 12.9. The summed E-state index contributed by atoms with van der Waals surface area (Å²) in [6, 6.07) is 18.9. The minimum Gasteiger partial charge on any atom is -0.493 e. The van der Waals surface area contributed by atoms with E-state index in [0.717, 1.165) is 0 Å². The fourth-order valence-electron chi connectivity index (χ4n) is 3.94. The third-order valence-electron chi connectivity index (χ3n) is 6.19. The number of hydrogen-bond donors (Lipinski definition) is 2. The molecular formula is C31H25BrN4O9. The van der Waals surface area contributed by atoms with Gasteiger partial charge in [-0.2, -0.15) is 5.10 Å². The predicted octanol–water partition coefficient (Wildman–Crippen LogP) is 5.62. The number of nitro groups is 1. The second-order valence-electron chi connectivity index (χ2n) is 9.02. The summed E-state index contributed by atoms with van der Waals surface area (Å²) < 4.78 is 22.0. The SMILES string of the molecule is COc1cc(C(=O)Nc2ccc(C(=O)N/N=C\c3cc(Br)ccc3OC(=O)c3ccc([N+](=O)[O-])cc3)cc2)cc(OC)c1OC. The van der Waals surface area contributed by atoms with E-state index in [1.54, 1.807) is 24.3 Å². The van der Waals surface area contributed by atoms with Gasteiger partial charge in [-0.1, -0.05) is 15.9 Å². The predicted molar refractivity (Wildman–Crippen MR) is 168 cm³/mol. The van der Waals surface area contributed by atoms with Gasteiger partial charge < -0.3 is 24.3 Å². The Labute approximate surface area is 265 Å². The summed E-state index contributed by atoms with van der Waals surface area (Å²) in [4.78, 5) is 48.4. The van der Waals surface area contributed by atoms with Gasteiger partial charge in [0.2, 0.25) is 5.75 Å². The fourth-order valence-corrected chi connectivity index (χ4v) is 4.32. The molecule has 0 fully saturated rings. The number of rotatable bonds is 11. The number of carbonyl (C=O) groups excluding carboxylic acids is 3. The molecule has 0 aromatic heterocycles. The molecule has 0 bridgehead atoms. The molecule has 0 saturated carbocycles. The zero-order valence-electron chi connectivity index (χ0n) is 24.0. The Morgan fingerprint density at radius 2 is 1.40 bits per heavy atom. The van der Waals surface area contributed by atoms with Crippen LogP contribution in [0.4, 0.5) is 11.4 Å². The first kappa shape index (κ1) is 32.2. The Kier molecular flexibility index (Phi) is 10.4. The van der Waals surface area contributed by atoms with E-state index >= 15 is 0 Å². The van der Waals surface area contributed by atoms with Gasteiger partial charge in [0.25, 0.3) is 17.5 Å². The van der Waals surface area contributed by atoms with E-state index < -0.39 is 22.7 Å². The number of nitrogens with one attached hydrogen (secondary N) is 2. The average molecular weight is 677 g/mol. The zero-order valence-corrected chi connectivity index (χ0v) is 25.6. The van der Waals surface area contributed by atoms with E-state index in [1.807, 2.05) is 0 Å². The van der Waals surface area contributed by atoms with Crippen molar-refractivity contribution in [3.05, 3.63) is 116 Å². The molecule has 0 aliphatic carbocycles. The summed E-state index contributed by atoms with van der Waals surface area (Å²) >= 11 is 3.34. The molecule has 4 aromatic carbocycles. The molecule has 2 N–H and O–H groups in total. The number of esters is 1. The van der Waals surface area contributed by atoms with Gasteiger partial charge in [0.05, 0.1) is 38.0 Å². The highest BCUT2D eigenvalue weighted by molar-refractivity contribution is 9.10. The number of nitrogens with zero attached hydrogens (tertiary/aromatic N) is 2. The molecule has 4 rings (SSSR count). The highest BCUT2D eigenvalue weighted by atomic mass is 79.9. The standard InChI is InChI=1S/C31H25BrN4O9/c1-42-26-15-20(16-27(43-2)28(26)44-3)29(37)34-23-9-4-18(5-10-23)30(38)35-33-17-21-14-22(32)8-13-25(21)45-31(39)19-6-11-24(12-7-19)36(40)41/h4-17H,1-3H3,(H,34,37)(H,35,38)/b33-17-. The van der Waals surface area contributed by atoms with E-state index in [0.29, 0.717) is 33.0 Å². The highest BCUT2D eigenvalue weighted by Gasteiger charge is 2.18. The van der Waals surface area contributed by atoms with Crippen LogP contribution in [0.15, 0.2) is 88.4 Å². The van der Waals surface area contributed by atoms with Gasteiger partial charge in [-0.25, -0.2) is 10.2 Å². The van der Waals surface area contributed by atoms with Crippen LogP contribution in [0.1, 0.15) is 36.6 Å². The van der Waals surface area contributed by atoms with Crippen molar-refractivity contribution in [1.29, 1.82) is 0 Å². The topological polar surface area (TPSA) is 168 Å². The van der Waals surface area contributed by atoms with Gasteiger partial charge in [0, 0.05) is 39.0 Å². The minimum atomic E-state index is -0.733. The van der Waals surface area contributed by atoms with Gasteiger partial charge >= 0.3 is 5.97 Å². The summed E-state index contributed by atoms with van der Waals surface area (Å²) in [6.45, 7) is 0. The first-order valence-corrected chi connectivity index (χ1v) is 13.7. The fraction of sp³-hybridized carbons (Fsp3) is 0.0968. The lowest BCUT2D eigenvalue weighted by Gasteiger charge is -2.14. The number of anilines is 1. The zero-order chi connectivity index (χ0) is 32.5. The first-order valence-electron chi connectivity index (χ1n) is 12.9. The Morgan fingerprint density at radius 1 is 0.778 bits per heavy atom. The largest absolute Gasteiger partial charge is 0.493 e. The molecule has 0 aliphatic rings. The molecule has 230 valence electrons. The Hall–Kier alpha value is -5.76. The maximum Gasteiger partial charge on any atom is 0.343 e. The third-order valence-corrected chi connectivity index (χ3v) is 6.68. The Morgan fingerprint density at radius 3 is 1.98 bits per heavy atom. The molecule has 0 spiro atoms. The Balaban J connectivity index is 1.40. The number of methoxy groups -OCH3 is 3. The molecule has 0 heterocycles. The molecular weight excluding hydrogens is 652 g/mol. The van der Waals surface area contributed by atoms with Crippen molar-refractivity contribution in [2.45, 2.75) is 0 Å². The lowest BCUT2D eigenvalue weighted by molar-refractivity contribution is -0.384. The van der Waals surface area contributed by atoms with Crippen LogP contribution in [0.25, 0.3) is 0 Å². The molecule has 4 aromatic rings. The van der Waals surface area contributed by atoms with Gasteiger partial charge in [0.15, 0.2) is 11.5 Å². The van der Waals surface area contributed by atoms with Gasteiger partial charge in [-0.3, -0.25) is 19.7 Å². The van der Waals surface area contributed by atoms with E-state index in [9.17, 15) is 24.5 Å². The number of ether oxygens (including phenoxy) is 4. The number of amides is 2. The second-order valence-corrected chi connectivity index (χ2v) is 9.94. The quantitative estimate of drug-likeness (QED) is 0.0673. The third kappa shape index (κ3) is 8.00. The van der Waals surface area contributed by atoms with Gasteiger partial charge in [-0.05, 0) is 66.7 Å². The van der Waals surface area contributed by atoms with E-state index in [4.69, 9.17) is 18.9 Å². The summed E-state index contributed by atoms with van der Waals surface area (Å²) in [5.41, 5.74) is 3.69. The summed E-state index contributed by atoms with van der Waals surface area (Å²) in [5, 5.41) is 17.6. The molecule has 0 aliphatic heterocycles. The number of non-ortho nitro benzene ring substituents is 1. The lowest BCUT2D eigenvalue weighted by Crippen LogP contribution is -2.18. The van der Waals surface area contributed by atoms with Crippen LogP contribution in [-0.2, 0) is 0 Å². The van der Waals surface area contributed by atoms with Crippen LogP contribution >= 0.6 is 15.9 Å². The van der Waals surface area contributed by atoms with Gasteiger partial charge in [0.1, 0.15) is 5.75 Å². The monoisotopic (exact) mass is 676 g/mol. The molecule has 2 amide bonds. The smallest absolute Gasteiger partial charge is 0.343 e. The van der Waals surface area contributed by atoms with Crippen LogP contribution in [0.3, 0.4) is 0 Å². The summed E-state index contributed by atoms with van der Waals surface area (Å²) in [6.07, 6.45) is 1.30.